The molecule has 2 rings (SSSR count). The summed E-state index contributed by atoms with van der Waals surface area (Å²) in [6, 6.07) is 5.23. The SMILES string of the molecule is CCc1cc(COc2c(Cl)cc(Cl)cc2CO)n(C)n1. The fourth-order valence-electron chi connectivity index (χ4n) is 1.92. The number of hydrogen-bond acceptors (Lipinski definition) is 3. The normalized spacial score (nSPS) is 10.8. The van der Waals surface area contributed by atoms with Crippen molar-refractivity contribution in [2.75, 3.05) is 0 Å². The van der Waals surface area contributed by atoms with Gasteiger partial charge in [-0.2, -0.15) is 5.10 Å². The summed E-state index contributed by atoms with van der Waals surface area (Å²) >= 11 is 12.0. The molecule has 0 unspecified atom stereocenters. The highest BCUT2D eigenvalue weighted by Gasteiger charge is 2.12. The first kappa shape index (κ1) is 15.2. The molecule has 20 heavy (non-hydrogen) atoms. The van der Waals surface area contributed by atoms with E-state index >= 15 is 0 Å². The first-order chi connectivity index (χ1) is 9.55. The predicted octanol–water partition coefficient (Wildman–Crippen LogP) is 3.36. The van der Waals surface area contributed by atoms with Crippen LogP contribution in [0.5, 0.6) is 5.75 Å². The van der Waals surface area contributed by atoms with Crippen LogP contribution in [0.25, 0.3) is 0 Å². The molecule has 1 aromatic heterocycles. The summed E-state index contributed by atoms with van der Waals surface area (Å²) in [4.78, 5) is 0. The molecule has 0 saturated carbocycles. The van der Waals surface area contributed by atoms with E-state index in [1.165, 1.54) is 0 Å². The Balaban J connectivity index is 2.20. The number of aliphatic hydroxyl groups is 1. The Bertz CT molecular complexity index is 611. The average Bonchev–Trinajstić information content (AvgIpc) is 2.77. The number of ether oxygens (including phenoxy) is 1. The van der Waals surface area contributed by atoms with Gasteiger partial charge in [-0.3, -0.25) is 4.68 Å². The highest BCUT2D eigenvalue weighted by Crippen LogP contribution is 2.33. The maximum atomic E-state index is 9.35. The second-order valence-corrected chi connectivity index (χ2v) is 5.27. The van der Waals surface area contributed by atoms with E-state index in [-0.39, 0.29) is 6.61 Å². The minimum Gasteiger partial charge on any atom is -0.485 e. The van der Waals surface area contributed by atoms with Crippen LogP contribution in [0.15, 0.2) is 18.2 Å². The lowest BCUT2D eigenvalue weighted by atomic mass is 10.2. The molecule has 0 aliphatic heterocycles. The summed E-state index contributed by atoms with van der Waals surface area (Å²) in [6.07, 6.45) is 0.872. The van der Waals surface area contributed by atoms with Crippen LogP contribution in [-0.2, 0) is 26.7 Å². The third kappa shape index (κ3) is 3.26. The van der Waals surface area contributed by atoms with Crippen molar-refractivity contribution in [2.24, 2.45) is 7.05 Å². The third-order valence-electron chi connectivity index (χ3n) is 3.01. The minimum absolute atomic E-state index is 0.179. The number of aromatic nitrogens is 2. The summed E-state index contributed by atoms with van der Waals surface area (Å²) in [5, 5.41) is 14.6. The summed E-state index contributed by atoms with van der Waals surface area (Å²) < 4.78 is 7.51. The van der Waals surface area contributed by atoms with Crippen LogP contribution in [0, 0.1) is 0 Å². The van der Waals surface area contributed by atoms with Gasteiger partial charge in [0, 0.05) is 17.6 Å². The first-order valence-corrected chi connectivity index (χ1v) is 7.04. The van der Waals surface area contributed by atoms with Gasteiger partial charge in [-0.05, 0) is 24.6 Å². The summed E-state index contributed by atoms with van der Waals surface area (Å²) in [5.74, 6) is 0.456. The largest absolute Gasteiger partial charge is 0.485 e. The van der Waals surface area contributed by atoms with Crippen molar-refractivity contribution in [1.29, 1.82) is 0 Å². The lowest BCUT2D eigenvalue weighted by Gasteiger charge is -2.12. The molecule has 0 saturated heterocycles. The van der Waals surface area contributed by atoms with Gasteiger partial charge < -0.3 is 9.84 Å². The number of benzene rings is 1. The molecular weight excluding hydrogens is 299 g/mol. The standard InChI is InChI=1S/C14H16Cl2N2O2/c1-3-11-6-12(18(2)17-11)8-20-14-9(7-19)4-10(15)5-13(14)16/h4-6,19H,3,7-8H2,1-2H3. The summed E-state index contributed by atoms with van der Waals surface area (Å²) in [6.45, 7) is 2.20. The Hall–Kier alpha value is -1.23. The summed E-state index contributed by atoms with van der Waals surface area (Å²) in [7, 11) is 1.87. The molecule has 0 bridgehead atoms. The van der Waals surface area contributed by atoms with E-state index < -0.39 is 0 Å². The van der Waals surface area contributed by atoms with Gasteiger partial charge in [0.05, 0.1) is 23.0 Å². The fourth-order valence-corrected chi connectivity index (χ4v) is 2.51. The van der Waals surface area contributed by atoms with E-state index in [4.69, 9.17) is 27.9 Å². The Morgan fingerprint density at radius 1 is 1.30 bits per heavy atom. The van der Waals surface area contributed by atoms with Crippen molar-refractivity contribution in [3.8, 4) is 5.75 Å². The Labute approximate surface area is 127 Å². The zero-order valence-electron chi connectivity index (χ0n) is 11.4. The van der Waals surface area contributed by atoms with E-state index in [0.717, 1.165) is 17.8 Å². The molecule has 0 fully saturated rings. The van der Waals surface area contributed by atoms with Crippen molar-refractivity contribution in [1.82, 2.24) is 9.78 Å². The molecule has 4 nitrogen and oxygen atoms in total. The molecule has 2 aromatic rings. The molecule has 1 N–H and O–H groups in total. The van der Waals surface area contributed by atoms with Gasteiger partial charge >= 0.3 is 0 Å². The quantitative estimate of drug-likeness (QED) is 0.920. The molecule has 0 aliphatic carbocycles. The molecule has 0 amide bonds. The maximum Gasteiger partial charge on any atom is 0.144 e. The number of rotatable bonds is 5. The van der Waals surface area contributed by atoms with Crippen LogP contribution in [0.3, 0.4) is 0 Å². The number of aryl methyl sites for hydroxylation is 2. The van der Waals surface area contributed by atoms with Crippen LogP contribution in [0.1, 0.15) is 23.9 Å². The van der Waals surface area contributed by atoms with E-state index in [0.29, 0.717) is 28.0 Å². The van der Waals surface area contributed by atoms with Crippen LogP contribution in [0.2, 0.25) is 10.0 Å². The van der Waals surface area contributed by atoms with Crippen molar-refractivity contribution in [3.05, 3.63) is 45.2 Å². The van der Waals surface area contributed by atoms with Crippen LogP contribution in [0.4, 0.5) is 0 Å². The molecule has 0 spiro atoms. The number of hydrogen-bond donors (Lipinski definition) is 1. The van der Waals surface area contributed by atoms with Gasteiger partial charge in [0.15, 0.2) is 0 Å². The van der Waals surface area contributed by atoms with Crippen LogP contribution >= 0.6 is 23.2 Å². The van der Waals surface area contributed by atoms with Crippen molar-refractivity contribution >= 4 is 23.2 Å². The molecule has 108 valence electrons. The molecule has 0 radical (unpaired) electrons. The number of halogens is 2. The fraction of sp³-hybridized carbons (Fsp3) is 0.357. The van der Waals surface area contributed by atoms with Gasteiger partial charge in [0.2, 0.25) is 0 Å². The van der Waals surface area contributed by atoms with Gasteiger partial charge in [0.1, 0.15) is 12.4 Å². The second kappa shape index (κ2) is 6.48. The van der Waals surface area contributed by atoms with E-state index in [9.17, 15) is 5.11 Å². The Kier molecular flexibility index (Phi) is 4.91. The Morgan fingerprint density at radius 3 is 2.65 bits per heavy atom. The van der Waals surface area contributed by atoms with Crippen LogP contribution < -0.4 is 4.74 Å². The summed E-state index contributed by atoms with van der Waals surface area (Å²) in [5.41, 5.74) is 2.52. The van der Waals surface area contributed by atoms with E-state index in [2.05, 4.69) is 5.10 Å². The zero-order chi connectivity index (χ0) is 14.7. The van der Waals surface area contributed by atoms with Gasteiger partial charge in [-0.1, -0.05) is 30.1 Å². The van der Waals surface area contributed by atoms with Crippen molar-refractivity contribution in [3.63, 3.8) is 0 Å². The second-order valence-electron chi connectivity index (χ2n) is 4.43. The van der Waals surface area contributed by atoms with Crippen molar-refractivity contribution in [2.45, 2.75) is 26.6 Å². The first-order valence-electron chi connectivity index (χ1n) is 6.28. The van der Waals surface area contributed by atoms with Crippen molar-refractivity contribution < 1.29 is 9.84 Å². The smallest absolute Gasteiger partial charge is 0.144 e. The van der Waals surface area contributed by atoms with E-state index in [1.54, 1.807) is 16.8 Å². The molecular formula is C14H16Cl2N2O2. The monoisotopic (exact) mass is 314 g/mol. The number of aliphatic hydroxyl groups excluding tert-OH is 1. The molecule has 0 atom stereocenters. The lowest BCUT2D eigenvalue weighted by molar-refractivity contribution is 0.255. The highest BCUT2D eigenvalue weighted by atomic mass is 35.5. The van der Waals surface area contributed by atoms with Gasteiger partial charge in [-0.25, -0.2) is 0 Å². The topological polar surface area (TPSA) is 47.3 Å². The molecule has 1 heterocycles. The average molecular weight is 315 g/mol. The van der Waals surface area contributed by atoms with Gasteiger partial charge in [0.25, 0.3) is 0 Å². The van der Waals surface area contributed by atoms with Gasteiger partial charge in [-0.15, -0.1) is 0 Å². The molecule has 6 heteroatoms. The number of nitrogens with zero attached hydrogens (tertiary/aromatic N) is 2. The minimum atomic E-state index is -0.179. The molecule has 0 aliphatic rings. The predicted molar refractivity (Wildman–Crippen MR) is 79.3 cm³/mol. The lowest BCUT2D eigenvalue weighted by Crippen LogP contribution is -2.05. The Morgan fingerprint density at radius 2 is 2.05 bits per heavy atom. The highest BCUT2D eigenvalue weighted by molar-refractivity contribution is 6.35. The third-order valence-corrected chi connectivity index (χ3v) is 3.51. The maximum absolute atomic E-state index is 9.35. The molecule has 1 aromatic carbocycles. The zero-order valence-corrected chi connectivity index (χ0v) is 12.9. The van der Waals surface area contributed by atoms with E-state index in [1.807, 2.05) is 20.0 Å². The van der Waals surface area contributed by atoms with Crippen LogP contribution in [-0.4, -0.2) is 14.9 Å².